The lowest BCUT2D eigenvalue weighted by atomic mass is 10.1. The van der Waals surface area contributed by atoms with Gasteiger partial charge in [-0.2, -0.15) is 0 Å². The Bertz CT molecular complexity index is 860. The number of carbonyl (C=O) groups is 3. The smallest absolute Gasteiger partial charge is 0.256 e. The molecule has 0 aromatic heterocycles. The van der Waals surface area contributed by atoms with Crippen LogP contribution in [0.3, 0.4) is 0 Å². The van der Waals surface area contributed by atoms with E-state index in [0.717, 1.165) is 0 Å². The highest BCUT2D eigenvalue weighted by Gasteiger charge is 2.24. The first-order chi connectivity index (χ1) is 14.2. The number of amides is 3. The number of fused-ring (bicyclic) bond motifs is 1. The second kappa shape index (κ2) is 11.7. The lowest BCUT2D eigenvalue weighted by molar-refractivity contribution is -0.130. The van der Waals surface area contributed by atoms with Crippen molar-refractivity contribution < 1.29 is 18.8 Å². The van der Waals surface area contributed by atoms with Crippen LogP contribution in [0.25, 0.3) is 5.57 Å². The molecule has 164 valence electrons. The Kier molecular flexibility index (Phi) is 9.74. The first kappa shape index (κ1) is 24.9. The SMILES string of the molecule is CC.CC/C(C(=O)NCC(=O)N(C)C)=C(/C)NC/C=C1\C(=O)Nc2ccc(F)cc21. The van der Waals surface area contributed by atoms with Crippen LogP contribution in [0.2, 0.25) is 0 Å². The number of carbonyl (C=O) groups excluding carboxylic acids is 3. The molecule has 7 nitrogen and oxygen atoms in total. The number of anilines is 1. The van der Waals surface area contributed by atoms with Crippen LogP contribution in [0, 0.1) is 5.82 Å². The molecule has 1 aliphatic rings. The van der Waals surface area contributed by atoms with E-state index in [0.29, 0.717) is 34.5 Å². The van der Waals surface area contributed by atoms with Crippen molar-refractivity contribution >= 4 is 29.0 Å². The van der Waals surface area contributed by atoms with Crippen molar-refractivity contribution in [2.75, 3.05) is 32.5 Å². The van der Waals surface area contributed by atoms with E-state index >= 15 is 0 Å². The van der Waals surface area contributed by atoms with Crippen LogP contribution in [-0.4, -0.2) is 49.8 Å². The number of halogens is 1. The summed E-state index contributed by atoms with van der Waals surface area (Å²) in [6.45, 7) is 7.82. The van der Waals surface area contributed by atoms with E-state index in [4.69, 9.17) is 0 Å². The van der Waals surface area contributed by atoms with Crippen LogP contribution >= 0.6 is 0 Å². The first-order valence-electron chi connectivity index (χ1n) is 9.98. The maximum atomic E-state index is 13.5. The number of hydrogen-bond donors (Lipinski definition) is 3. The minimum Gasteiger partial charge on any atom is -0.385 e. The van der Waals surface area contributed by atoms with Gasteiger partial charge in [-0.1, -0.05) is 26.8 Å². The molecule has 1 aromatic carbocycles. The summed E-state index contributed by atoms with van der Waals surface area (Å²) in [7, 11) is 3.24. The molecule has 3 N–H and O–H groups in total. The Morgan fingerprint density at radius 3 is 2.47 bits per heavy atom. The Morgan fingerprint density at radius 2 is 1.87 bits per heavy atom. The Morgan fingerprint density at radius 1 is 1.20 bits per heavy atom. The zero-order valence-electron chi connectivity index (χ0n) is 18.5. The molecule has 0 spiro atoms. The molecule has 1 aliphatic heterocycles. The van der Waals surface area contributed by atoms with Crippen LogP contribution in [0.15, 0.2) is 35.5 Å². The molecule has 2 rings (SSSR count). The van der Waals surface area contributed by atoms with E-state index in [2.05, 4.69) is 16.0 Å². The fourth-order valence-electron chi connectivity index (χ4n) is 2.79. The number of hydrogen-bond acceptors (Lipinski definition) is 4. The quantitative estimate of drug-likeness (QED) is 0.594. The van der Waals surface area contributed by atoms with Gasteiger partial charge >= 0.3 is 0 Å². The van der Waals surface area contributed by atoms with Crippen molar-refractivity contribution in [3.8, 4) is 0 Å². The highest BCUT2D eigenvalue weighted by Crippen LogP contribution is 2.31. The minimum absolute atomic E-state index is 0.0742. The molecule has 0 bridgehead atoms. The minimum atomic E-state index is -0.414. The van der Waals surface area contributed by atoms with Crippen molar-refractivity contribution in [1.82, 2.24) is 15.5 Å². The van der Waals surface area contributed by atoms with Gasteiger partial charge in [-0.15, -0.1) is 0 Å². The maximum absolute atomic E-state index is 13.5. The molecular weight excluding hydrogens is 387 g/mol. The van der Waals surface area contributed by atoms with Gasteiger partial charge in [-0.25, -0.2) is 4.39 Å². The molecule has 30 heavy (non-hydrogen) atoms. The summed E-state index contributed by atoms with van der Waals surface area (Å²) in [6, 6.07) is 4.13. The van der Waals surface area contributed by atoms with Crippen molar-refractivity contribution in [1.29, 1.82) is 0 Å². The molecule has 0 aliphatic carbocycles. The number of benzene rings is 1. The summed E-state index contributed by atoms with van der Waals surface area (Å²) in [6.07, 6.45) is 2.14. The summed E-state index contributed by atoms with van der Waals surface area (Å²) < 4.78 is 13.5. The maximum Gasteiger partial charge on any atom is 0.256 e. The third-order valence-electron chi connectivity index (χ3n) is 4.42. The number of allylic oxidation sites excluding steroid dienone is 1. The van der Waals surface area contributed by atoms with E-state index in [1.807, 2.05) is 20.8 Å². The average molecular weight is 419 g/mol. The largest absolute Gasteiger partial charge is 0.385 e. The standard InChI is InChI=1S/C20H25FN4O3.C2H6/c1-5-14(19(27)23-11-18(26)25(3)4)12(2)22-9-8-15-16-10-13(21)6-7-17(16)24-20(15)28;1-2/h6-8,10,22H,5,9,11H2,1-4H3,(H,23,27)(H,24,28);1-2H3/b14-12+,15-8-;. The van der Waals surface area contributed by atoms with Gasteiger partial charge in [0.2, 0.25) is 11.8 Å². The van der Waals surface area contributed by atoms with E-state index in [-0.39, 0.29) is 30.8 Å². The van der Waals surface area contributed by atoms with Crippen LogP contribution in [0.4, 0.5) is 10.1 Å². The van der Waals surface area contributed by atoms with Crippen molar-refractivity contribution in [2.24, 2.45) is 0 Å². The zero-order valence-corrected chi connectivity index (χ0v) is 18.5. The van der Waals surface area contributed by atoms with Gasteiger partial charge in [-0.3, -0.25) is 14.4 Å². The highest BCUT2D eigenvalue weighted by atomic mass is 19.1. The van der Waals surface area contributed by atoms with E-state index in [1.165, 1.54) is 23.1 Å². The third kappa shape index (κ3) is 6.43. The number of nitrogens with zero attached hydrogens (tertiary/aromatic N) is 1. The molecule has 8 heteroatoms. The summed E-state index contributed by atoms with van der Waals surface area (Å²) in [5.74, 6) is -1.22. The number of nitrogens with one attached hydrogen (secondary N) is 3. The van der Waals surface area contributed by atoms with Crippen LogP contribution < -0.4 is 16.0 Å². The fourth-order valence-corrected chi connectivity index (χ4v) is 2.79. The molecule has 0 saturated heterocycles. The topological polar surface area (TPSA) is 90.5 Å². The zero-order chi connectivity index (χ0) is 22.8. The van der Waals surface area contributed by atoms with Crippen LogP contribution in [-0.2, 0) is 14.4 Å². The number of likely N-dealkylation sites (N-methyl/N-ethyl adjacent to an activating group) is 1. The third-order valence-corrected chi connectivity index (χ3v) is 4.42. The van der Waals surface area contributed by atoms with Crippen LogP contribution in [0.1, 0.15) is 39.7 Å². The average Bonchev–Trinajstić information content (AvgIpc) is 3.02. The molecule has 0 fully saturated rings. The Hall–Kier alpha value is -3.16. The molecule has 0 unspecified atom stereocenters. The van der Waals surface area contributed by atoms with Gasteiger partial charge in [0, 0.05) is 48.7 Å². The van der Waals surface area contributed by atoms with Crippen LogP contribution in [0.5, 0.6) is 0 Å². The summed E-state index contributed by atoms with van der Waals surface area (Å²) in [4.78, 5) is 37.4. The predicted molar refractivity (Wildman–Crippen MR) is 117 cm³/mol. The van der Waals surface area contributed by atoms with Gasteiger partial charge in [-0.05, 0) is 31.5 Å². The summed E-state index contributed by atoms with van der Waals surface area (Å²) >= 11 is 0. The Labute approximate surface area is 177 Å². The van der Waals surface area contributed by atoms with Gasteiger partial charge in [0.05, 0.1) is 6.54 Å². The molecule has 0 atom stereocenters. The summed E-state index contributed by atoms with van der Waals surface area (Å²) in [5.41, 5.74) is 2.64. The predicted octanol–water partition coefficient (Wildman–Crippen LogP) is 2.67. The highest BCUT2D eigenvalue weighted by molar-refractivity contribution is 6.31. The number of rotatable bonds is 7. The van der Waals surface area contributed by atoms with Gasteiger partial charge < -0.3 is 20.9 Å². The van der Waals surface area contributed by atoms with E-state index in [9.17, 15) is 18.8 Å². The Balaban J connectivity index is 0.00000218. The van der Waals surface area contributed by atoms with Gasteiger partial charge in [0.15, 0.2) is 0 Å². The summed E-state index contributed by atoms with van der Waals surface area (Å²) in [5, 5.41) is 8.38. The molecule has 0 saturated carbocycles. The van der Waals surface area contributed by atoms with Gasteiger partial charge in [0.25, 0.3) is 5.91 Å². The van der Waals surface area contributed by atoms with Gasteiger partial charge in [0.1, 0.15) is 5.82 Å². The molecule has 0 radical (unpaired) electrons. The lowest BCUT2D eigenvalue weighted by Gasteiger charge is -2.14. The first-order valence-corrected chi connectivity index (χ1v) is 9.98. The van der Waals surface area contributed by atoms with E-state index < -0.39 is 5.82 Å². The molecule has 1 aromatic rings. The lowest BCUT2D eigenvalue weighted by Crippen LogP contribution is -2.37. The monoisotopic (exact) mass is 418 g/mol. The van der Waals surface area contributed by atoms with Crippen molar-refractivity contribution in [3.05, 3.63) is 46.9 Å². The molecule has 3 amide bonds. The molecule has 1 heterocycles. The molecular formula is C22H31FN4O3. The van der Waals surface area contributed by atoms with E-state index in [1.54, 1.807) is 27.1 Å². The van der Waals surface area contributed by atoms with Crippen molar-refractivity contribution in [2.45, 2.75) is 34.1 Å². The second-order valence-corrected chi connectivity index (χ2v) is 6.57. The second-order valence-electron chi connectivity index (χ2n) is 6.57. The normalized spacial score (nSPS) is 14.1. The fraction of sp³-hybridized carbons (Fsp3) is 0.409. The van der Waals surface area contributed by atoms with Crippen molar-refractivity contribution in [3.63, 3.8) is 0 Å².